The first kappa shape index (κ1) is 13.7. The summed E-state index contributed by atoms with van der Waals surface area (Å²) in [5, 5.41) is 0. The molecule has 4 heteroatoms. The number of rotatable bonds is 5. The van der Waals surface area contributed by atoms with Crippen molar-refractivity contribution in [2.75, 3.05) is 14.2 Å². The first-order valence-electron chi connectivity index (χ1n) is 6.25. The third kappa shape index (κ3) is 2.64. The van der Waals surface area contributed by atoms with Gasteiger partial charge in [-0.05, 0) is 52.7 Å². The van der Waals surface area contributed by atoms with E-state index in [1.54, 1.807) is 14.2 Å². The average molecular weight is 314 g/mol. The van der Waals surface area contributed by atoms with E-state index >= 15 is 0 Å². The summed E-state index contributed by atoms with van der Waals surface area (Å²) < 4.78 is 11.7. The molecular formula is C14H20BrNO2. The Morgan fingerprint density at radius 3 is 2.33 bits per heavy atom. The predicted octanol–water partition coefficient (Wildman–Crippen LogP) is 3.51. The standard InChI is InChI=1S/C14H20BrNO2/c1-8(9-4-5-9)14(16)10-6-13(18-3)11(15)7-12(10)17-2/h6-9,14H,4-5,16H2,1-3H3. The van der Waals surface area contributed by atoms with Crippen LogP contribution in [0, 0.1) is 11.8 Å². The first-order valence-corrected chi connectivity index (χ1v) is 7.04. The molecule has 2 unspecified atom stereocenters. The minimum atomic E-state index is -0.00514. The van der Waals surface area contributed by atoms with Gasteiger partial charge in [-0.15, -0.1) is 0 Å². The Kier molecular flexibility index (Phi) is 4.17. The number of nitrogens with two attached hydrogens (primary N) is 1. The molecule has 0 aromatic heterocycles. The molecule has 2 atom stereocenters. The van der Waals surface area contributed by atoms with Crippen molar-refractivity contribution < 1.29 is 9.47 Å². The molecule has 1 saturated carbocycles. The zero-order valence-corrected chi connectivity index (χ0v) is 12.7. The van der Waals surface area contributed by atoms with Gasteiger partial charge in [0.05, 0.1) is 18.7 Å². The number of ether oxygens (including phenoxy) is 2. The third-order valence-electron chi connectivity index (χ3n) is 3.80. The van der Waals surface area contributed by atoms with E-state index in [1.165, 1.54) is 12.8 Å². The average Bonchev–Trinajstić information content (AvgIpc) is 3.20. The van der Waals surface area contributed by atoms with Crippen molar-refractivity contribution in [1.29, 1.82) is 0 Å². The van der Waals surface area contributed by atoms with Crippen LogP contribution >= 0.6 is 15.9 Å². The summed E-state index contributed by atoms with van der Waals surface area (Å²) in [6.45, 7) is 2.22. The second-order valence-corrected chi connectivity index (χ2v) is 5.81. The molecule has 1 aromatic rings. The Morgan fingerprint density at radius 2 is 1.83 bits per heavy atom. The third-order valence-corrected chi connectivity index (χ3v) is 4.42. The molecule has 0 saturated heterocycles. The maximum atomic E-state index is 6.38. The van der Waals surface area contributed by atoms with Gasteiger partial charge in [0.25, 0.3) is 0 Å². The molecule has 100 valence electrons. The monoisotopic (exact) mass is 313 g/mol. The predicted molar refractivity (Wildman–Crippen MR) is 76.1 cm³/mol. The Balaban J connectivity index is 2.34. The van der Waals surface area contributed by atoms with E-state index in [1.807, 2.05) is 12.1 Å². The van der Waals surface area contributed by atoms with Crippen LogP contribution in [0.3, 0.4) is 0 Å². The number of methoxy groups -OCH3 is 2. The Morgan fingerprint density at radius 1 is 1.22 bits per heavy atom. The molecule has 1 aliphatic rings. The molecule has 1 aromatic carbocycles. The van der Waals surface area contributed by atoms with Gasteiger partial charge in [-0.1, -0.05) is 6.92 Å². The summed E-state index contributed by atoms with van der Waals surface area (Å²) in [5.41, 5.74) is 7.40. The van der Waals surface area contributed by atoms with Crippen molar-refractivity contribution in [3.63, 3.8) is 0 Å². The quantitative estimate of drug-likeness (QED) is 0.904. The lowest BCUT2D eigenvalue weighted by atomic mass is 9.91. The zero-order chi connectivity index (χ0) is 13.3. The first-order chi connectivity index (χ1) is 8.58. The summed E-state index contributed by atoms with van der Waals surface area (Å²) in [6.07, 6.45) is 2.59. The topological polar surface area (TPSA) is 44.5 Å². The molecule has 0 radical (unpaired) electrons. The fourth-order valence-electron chi connectivity index (χ4n) is 2.34. The van der Waals surface area contributed by atoms with Crippen LogP contribution in [0.2, 0.25) is 0 Å². The summed E-state index contributed by atoms with van der Waals surface area (Å²) in [4.78, 5) is 0. The van der Waals surface area contributed by atoms with Crippen LogP contribution in [0.25, 0.3) is 0 Å². The van der Waals surface area contributed by atoms with Crippen LogP contribution in [0.5, 0.6) is 11.5 Å². The smallest absolute Gasteiger partial charge is 0.133 e. The van der Waals surface area contributed by atoms with Gasteiger partial charge < -0.3 is 15.2 Å². The van der Waals surface area contributed by atoms with Gasteiger partial charge in [-0.3, -0.25) is 0 Å². The minimum absolute atomic E-state index is 0.00514. The van der Waals surface area contributed by atoms with Crippen LogP contribution in [-0.4, -0.2) is 14.2 Å². The van der Waals surface area contributed by atoms with Gasteiger partial charge >= 0.3 is 0 Å². The summed E-state index contributed by atoms with van der Waals surface area (Å²) in [6, 6.07) is 3.90. The molecular weight excluding hydrogens is 294 g/mol. The molecule has 0 spiro atoms. The fourth-order valence-corrected chi connectivity index (χ4v) is 2.83. The zero-order valence-electron chi connectivity index (χ0n) is 11.1. The molecule has 1 aliphatic carbocycles. The Labute approximate surface area is 117 Å². The van der Waals surface area contributed by atoms with E-state index in [2.05, 4.69) is 22.9 Å². The normalized spacial score (nSPS) is 18.3. The fraction of sp³-hybridized carbons (Fsp3) is 0.571. The molecule has 1 fully saturated rings. The molecule has 0 heterocycles. The van der Waals surface area contributed by atoms with Gasteiger partial charge in [-0.2, -0.15) is 0 Å². The number of halogens is 1. The number of benzene rings is 1. The van der Waals surface area contributed by atoms with Gasteiger partial charge in [0, 0.05) is 11.6 Å². The largest absolute Gasteiger partial charge is 0.496 e. The lowest BCUT2D eigenvalue weighted by Crippen LogP contribution is -2.21. The maximum absolute atomic E-state index is 6.38. The SMILES string of the molecule is COc1cc(C(N)C(C)C2CC2)c(OC)cc1Br. The van der Waals surface area contributed by atoms with E-state index < -0.39 is 0 Å². The van der Waals surface area contributed by atoms with Crippen LogP contribution < -0.4 is 15.2 Å². The Bertz CT molecular complexity index is 432. The molecule has 0 amide bonds. The summed E-state index contributed by atoms with van der Waals surface area (Å²) >= 11 is 3.46. The van der Waals surface area contributed by atoms with Crippen LogP contribution in [0.1, 0.15) is 31.4 Å². The van der Waals surface area contributed by atoms with E-state index in [0.717, 1.165) is 27.5 Å². The molecule has 0 aliphatic heterocycles. The summed E-state index contributed by atoms with van der Waals surface area (Å²) in [7, 11) is 3.33. The van der Waals surface area contributed by atoms with Crippen molar-refractivity contribution in [3.05, 3.63) is 22.2 Å². The van der Waals surface area contributed by atoms with Gasteiger partial charge in [0.1, 0.15) is 11.5 Å². The van der Waals surface area contributed by atoms with Gasteiger partial charge in [-0.25, -0.2) is 0 Å². The number of hydrogen-bond donors (Lipinski definition) is 1. The van der Waals surface area contributed by atoms with E-state index in [-0.39, 0.29) is 6.04 Å². The van der Waals surface area contributed by atoms with Crippen molar-refractivity contribution in [1.82, 2.24) is 0 Å². The van der Waals surface area contributed by atoms with Crippen LogP contribution in [0.4, 0.5) is 0 Å². The second-order valence-electron chi connectivity index (χ2n) is 4.95. The minimum Gasteiger partial charge on any atom is -0.496 e. The highest BCUT2D eigenvalue weighted by Gasteiger charge is 2.33. The van der Waals surface area contributed by atoms with Crippen molar-refractivity contribution in [3.8, 4) is 11.5 Å². The van der Waals surface area contributed by atoms with Gasteiger partial charge in [0.15, 0.2) is 0 Å². The second kappa shape index (κ2) is 5.49. The van der Waals surface area contributed by atoms with Crippen molar-refractivity contribution >= 4 is 15.9 Å². The van der Waals surface area contributed by atoms with E-state index in [4.69, 9.17) is 15.2 Å². The molecule has 3 nitrogen and oxygen atoms in total. The molecule has 2 rings (SSSR count). The maximum Gasteiger partial charge on any atom is 0.133 e. The van der Waals surface area contributed by atoms with Crippen LogP contribution in [0.15, 0.2) is 16.6 Å². The highest BCUT2D eigenvalue weighted by atomic mass is 79.9. The van der Waals surface area contributed by atoms with E-state index in [9.17, 15) is 0 Å². The van der Waals surface area contributed by atoms with E-state index in [0.29, 0.717) is 5.92 Å². The molecule has 0 bridgehead atoms. The van der Waals surface area contributed by atoms with Crippen molar-refractivity contribution in [2.24, 2.45) is 17.6 Å². The summed E-state index contributed by atoms with van der Waals surface area (Å²) in [5.74, 6) is 2.86. The number of hydrogen-bond acceptors (Lipinski definition) is 3. The van der Waals surface area contributed by atoms with Gasteiger partial charge in [0.2, 0.25) is 0 Å². The molecule has 2 N–H and O–H groups in total. The lowest BCUT2D eigenvalue weighted by Gasteiger charge is -2.23. The van der Waals surface area contributed by atoms with Crippen LogP contribution in [-0.2, 0) is 0 Å². The van der Waals surface area contributed by atoms with Crippen molar-refractivity contribution in [2.45, 2.75) is 25.8 Å². The highest BCUT2D eigenvalue weighted by Crippen LogP contribution is 2.44. The molecule has 18 heavy (non-hydrogen) atoms. The Hall–Kier alpha value is -0.740. The highest BCUT2D eigenvalue weighted by molar-refractivity contribution is 9.10. The lowest BCUT2D eigenvalue weighted by molar-refractivity contribution is 0.369.